The summed E-state index contributed by atoms with van der Waals surface area (Å²) in [6.07, 6.45) is 7.06. The van der Waals surface area contributed by atoms with Crippen molar-refractivity contribution in [3.63, 3.8) is 0 Å². The van der Waals surface area contributed by atoms with E-state index in [0.29, 0.717) is 44.1 Å². The molecule has 2 amide bonds. The van der Waals surface area contributed by atoms with E-state index in [1.165, 1.54) is 18.4 Å². The monoisotopic (exact) mass is 528 g/mol. The highest BCUT2D eigenvalue weighted by molar-refractivity contribution is 7.89. The molecule has 0 spiro atoms. The smallest absolute Gasteiger partial charge is 0.407 e. The maximum absolute atomic E-state index is 13.2. The number of hydrogen-bond donors (Lipinski definition) is 3. The largest absolute Gasteiger partial charge is 0.453 e. The lowest BCUT2D eigenvalue weighted by atomic mass is 9.62. The first-order valence-electron chi connectivity index (χ1n) is 11.8. The van der Waals surface area contributed by atoms with Gasteiger partial charge in [-0.25, -0.2) is 17.9 Å². The van der Waals surface area contributed by atoms with Gasteiger partial charge in [-0.05, 0) is 62.3 Å². The molecule has 3 N–H and O–H groups in total. The molecule has 190 valence electrons. The molecule has 36 heavy (non-hydrogen) atoms. The molecular formula is C25H28N4O5S2. The molecule has 0 atom stereocenters. The van der Waals surface area contributed by atoms with Crippen LogP contribution in [-0.4, -0.2) is 43.6 Å². The van der Waals surface area contributed by atoms with E-state index in [1.54, 1.807) is 36.7 Å². The van der Waals surface area contributed by atoms with Crippen LogP contribution in [0.25, 0.3) is 10.1 Å². The van der Waals surface area contributed by atoms with Crippen molar-refractivity contribution >= 4 is 43.4 Å². The topological polar surface area (TPSA) is 126 Å². The number of aromatic nitrogens is 1. The molecule has 2 aromatic heterocycles. The minimum atomic E-state index is -3.72. The van der Waals surface area contributed by atoms with Gasteiger partial charge in [-0.3, -0.25) is 9.78 Å². The van der Waals surface area contributed by atoms with Crippen molar-refractivity contribution in [1.29, 1.82) is 0 Å². The first kappa shape index (κ1) is 24.7. The molecule has 3 aliphatic carbocycles. The SMILES string of the molecule is COC(=O)NC12CCC(NS(=O)(=O)c3ccc(CNC(=O)c4csc5cnccc45)cc3)(CC1)CC2. The number of sulfonamides is 1. The number of alkyl carbamates (subject to hydrolysis) is 1. The molecule has 6 rings (SSSR count). The molecule has 1 aromatic carbocycles. The summed E-state index contributed by atoms with van der Waals surface area (Å²) in [7, 11) is -2.37. The summed E-state index contributed by atoms with van der Waals surface area (Å²) in [4.78, 5) is 28.6. The number of carbonyl (C=O) groups is 2. The zero-order chi connectivity index (χ0) is 25.4. The number of methoxy groups -OCH3 is 1. The number of benzene rings is 1. The van der Waals surface area contributed by atoms with Crippen LogP contribution in [0.4, 0.5) is 4.79 Å². The van der Waals surface area contributed by atoms with Crippen LogP contribution in [0.3, 0.4) is 0 Å². The zero-order valence-electron chi connectivity index (χ0n) is 19.9. The predicted molar refractivity (Wildman–Crippen MR) is 136 cm³/mol. The number of amides is 2. The van der Waals surface area contributed by atoms with Gasteiger partial charge in [0.1, 0.15) is 0 Å². The Balaban J connectivity index is 1.20. The Morgan fingerprint density at radius 1 is 1.03 bits per heavy atom. The first-order valence-corrected chi connectivity index (χ1v) is 14.2. The number of rotatable bonds is 7. The van der Waals surface area contributed by atoms with E-state index in [1.807, 2.05) is 11.4 Å². The molecule has 0 unspecified atom stereocenters. The average molecular weight is 529 g/mol. The quantitative estimate of drug-likeness (QED) is 0.429. The van der Waals surface area contributed by atoms with Crippen LogP contribution >= 0.6 is 11.3 Å². The summed E-state index contributed by atoms with van der Waals surface area (Å²) in [5.74, 6) is -0.183. The second kappa shape index (κ2) is 9.45. The Bertz CT molecular complexity index is 1380. The second-order valence-corrected chi connectivity index (χ2v) is 12.2. The fraction of sp³-hybridized carbons (Fsp3) is 0.400. The van der Waals surface area contributed by atoms with Crippen molar-refractivity contribution < 1.29 is 22.7 Å². The Kier molecular flexibility index (Phi) is 6.48. The third-order valence-electron chi connectivity index (χ3n) is 7.46. The Labute approximate surface area is 213 Å². The van der Waals surface area contributed by atoms with Crippen LogP contribution in [0.2, 0.25) is 0 Å². The van der Waals surface area contributed by atoms with Gasteiger partial charge in [0, 0.05) is 40.8 Å². The lowest BCUT2D eigenvalue weighted by molar-refractivity contribution is 0.0659. The van der Waals surface area contributed by atoms with Crippen LogP contribution in [0.1, 0.15) is 54.4 Å². The van der Waals surface area contributed by atoms with Gasteiger partial charge in [0.25, 0.3) is 5.91 Å². The van der Waals surface area contributed by atoms with Crippen LogP contribution < -0.4 is 15.4 Å². The van der Waals surface area contributed by atoms with E-state index >= 15 is 0 Å². The fourth-order valence-electron chi connectivity index (χ4n) is 5.26. The summed E-state index contributed by atoms with van der Waals surface area (Å²) in [6.45, 7) is 0.286. The summed E-state index contributed by atoms with van der Waals surface area (Å²) in [5.41, 5.74) is 0.601. The van der Waals surface area contributed by atoms with E-state index in [0.717, 1.165) is 15.6 Å². The second-order valence-electron chi connectivity index (χ2n) is 9.63. The highest BCUT2D eigenvalue weighted by Gasteiger charge is 2.51. The maximum Gasteiger partial charge on any atom is 0.407 e. The number of ether oxygens (including phenoxy) is 1. The molecule has 0 saturated heterocycles. The number of pyridine rings is 1. The lowest BCUT2D eigenvalue weighted by Gasteiger charge is -2.53. The summed E-state index contributed by atoms with van der Waals surface area (Å²) in [6, 6.07) is 8.40. The normalized spacial score (nSPS) is 23.4. The molecule has 3 saturated carbocycles. The molecule has 0 radical (unpaired) electrons. The predicted octanol–water partition coefficient (Wildman–Crippen LogP) is 3.71. The zero-order valence-corrected chi connectivity index (χ0v) is 21.5. The summed E-state index contributed by atoms with van der Waals surface area (Å²) >= 11 is 1.47. The Hall–Kier alpha value is -3.02. The van der Waals surface area contributed by atoms with Gasteiger partial charge in [-0.15, -0.1) is 11.3 Å². The number of thiophene rings is 1. The number of nitrogens with zero attached hydrogens (tertiary/aromatic N) is 1. The van der Waals surface area contributed by atoms with Gasteiger partial charge in [-0.2, -0.15) is 0 Å². The lowest BCUT2D eigenvalue weighted by Crippen LogP contribution is -2.63. The van der Waals surface area contributed by atoms with Gasteiger partial charge < -0.3 is 15.4 Å². The highest BCUT2D eigenvalue weighted by Crippen LogP contribution is 2.47. The van der Waals surface area contributed by atoms with Crippen molar-refractivity contribution in [1.82, 2.24) is 20.3 Å². The molecule has 3 aromatic rings. The average Bonchev–Trinajstić information content (AvgIpc) is 3.33. The molecule has 0 aliphatic heterocycles. The summed E-state index contributed by atoms with van der Waals surface area (Å²) in [5, 5.41) is 8.53. The van der Waals surface area contributed by atoms with Crippen LogP contribution in [-0.2, 0) is 21.3 Å². The van der Waals surface area contributed by atoms with E-state index in [-0.39, 0.29) is 22.9 Å². The van der Waals surface area contributed by atoms with Gasteiger partial charge >= 0.3 is 6.09 Å². The van der Waals surface area contributed by atoms with Gasteiger partial charge in [-0.1, -0.05) is 12.1 Å². The highest BCUT2D eigenvalue weighted by atomic mass is 32.2. The maximum atomic E-state index is 13.2. The molecular weight excluding hydrogens is 500 g/mol. The van der Waals surface area contributed by atoms with Crippen LogP contribution in [0.15, 0.2) is 53.0 Å². The van der Waals surface area contributed by atoms with Gasteiger partial charge in [0.2, 0.25) is 10.0 Å². The number of nitrogens with one attached hydrogen (secondary N) is 3. The Morgan fingerprint density at radius 2 is 1.69 bits per heavy atom. The van der Waals surface area contributed by atoms with Crippen LogP contribution in [0.5, 0.6) is 0 Å². The van der Waals surface area contributed by atoms with Crippen molar-refractivity contribution in [3.8, 4) is 0 Å². The number of fused-ring (bicyclic) bond motifs is 4. The molecule has 9 nitrogen and oxygen atoms in total. The van der Waals surface area contributed by atoms with Gasteiger partial charge in [0.05, 0.1) is 22.3 Å². The van der Waals surface area contributed by atoms with Gasteiger partial charge in [0.15, 0.2) is 0 Å². The standard InChI is InChI=1S/C25H28N4O5S2/c1-34-23(31)28-24-7-10-25(11-8-24,12-9-24)29-36(32,33)18-4-2-17(3-5-18)14-27-22(30)20-16-35-21-15-26-13-6-19(20)21/h2-6,13,15-16,29H,7-12,14H2,1H3,(H,27,30)(H,28,31). The van der Waals surface area contributed by atoms with E-state index in [2.05, 4.69) is 20.3 Å². The van der Waals surface area contributed by atoms with Crippen molar-refractivity contribution in [2.45, 2.75) is 61.0 Å². The molecule has 3 fully saturated rings. The van der Waals surface area contributed by atoms with E-state index in [4.69, 9.17) is 4.74 Å². The third kappa shape index (κ3) is 4.82. The van der Waals surface area contributed by atoms with E-state index < -0.39 is 21.7 Å². The van der Waals surface area contributed by atoms with Crippen LogP contribution in [0, 0.1) is 0 Å². The third-order valence-corrected chi connectivity index (χ3v) is 9.99. The number of carbonyl (C=O) groups excluding carboxylic acids is 2. The van der Waals surface area contributed by atoms with E-state index in [9.17, 15) is 18.0 Å². The van der Waals surface area contributed by atoms with Crippen molar-refractivity contribution in [2.75, 3.05) is 7.11 Å². The summed E-state index contributed by atoms with van der Waals surface area (Å²) < 4.78 is 35.0. The molecule has 2 heterocycles. The number of hydrogen-bond acceptors (Lipinski definition) is 7. The first-order chi connectivity index (χ1) is 17.2. The molecule has 2 bridgehead atoms. The molecule has 3 aliphatic rings. The van der Waals surface area contributed by atoms with Crippen molar-refractivity contribution in [2.24, 2.45) is 0 Å². The molecule has 11 heteroatoms. The minimum Gasteiger partial charge on any atom is -0.453 e. The fourth-order valence-corrected chi connectivity index (χ4v) is 7.65. The Morgan fingerprint density at radius 3 is 2.36 bits per heavy atom. The van der Waals surface area contributed by atoms with Crippen molar-refractivity contribution in [3.05, 3.63) is 59.2 Å². The minimum absolute atomic E-state index is 0.183.